The number of carbonyl (C=O) groups is 2. The first-order valence-corrected chi connectivity index (χ1v) is 9.58. The summed E-state index contributed by atoms with van der Waals surface area (Å²) in [5, 5.41) is 21.6. The Kier molecular flexibility index (Phi) is 7.81. The summed E-state index contributed by atoms with van der Waals surface area (Å²) < 4.78 is 0. The molecule has 0 unspecified atom stereocenters. The second-order valence-corrected chi connectivity index (χ2v) is 6.44. The van der Waals surface area contributed by atoms with Gasteiger partial charge in [-0.3, -0.25) is 19.6 Å². The van der Waals surface area contributed by atoms with E-state index in [9.17, 15) is 9.59 Å². The van der Waals surface area contributed by atoms with Crippen LogP contribution in [0.4, 0.5) is 5.69 Å². The van der Waals surface area contributed by atoms with Gasteiger partial charge in [0, 0.05) is 0 Å². The number of nitrogens with zero attached hydrogens (tertiary/aromatic N) is 6. The predicted octanol–water partition coefficient (Wildman–Crippen LogP) is 0.175. The number of hydrogen-bond acceptors (Lipinski definition) is 10. The SMILES string of the molecule is NCC(=O)NC1=C/CC/C=C(c2nnc(-c3ccc(NC(=O)CNCl)cn3)nn2)/N=C\1. The van der Waals surface area contributed by atoms with E-state index in [-0.39, 0.29) is 36.6 Å². The average Bonchev–Trinajstić information content (AvgIpc) is 2.77. The average molecular weight is 443 g/mol. The summed E-state index contributed by atoms with van der Waals surface area (Å²) in [5.74, 6) is -0.150. The Morgan fingerprint density at radius 2 is 1.74 bits per heavy atom. The van der Waals surface area contributed by atoms with Crippen molar-refractivity contribution in [2.45, 2.75) is 12.8 Å². The van der Waals surface area contributed by atoms with Gasteiger partial charge in [0.1, 0.15) is 11.4 Å². The Balaban J connectivity index is 1.69. The first kappa shape index (κ1) is 22.1. The van der Waals surface area contributed by atoms with Gasteiger partial charge in [-0.25, -0.2) is 4.84 Å². The van der Waals surface area contributed by atoms with E-state index in [4.69, 9.17) is 17.5 Å². The Morgan fingerprint density at radius 1 is 1.00 bits per heavy atom. The molecule has 2 aromatic heterocycles. The van der Waals surface area contributed by atoms with Crippen LogP contribution in [-0.4, -0.2) is 56.5 Å². The molecule has 0 fully saturated rings. The molecule has 0 saturated heterocycles. The van der Waals surface area contributed by atoms with Gasteiger partial charge in [0.15, 0.2) is 0 Å². The maximum atomic E-state index is 11.5. The number of allylic oxidation sites excluding steroid dienone is 3. The molecule has 0 aliphatic carbocycles. The number of nitrogens with one attached hydrogen (secondary N) is 3. The monoisotopic (exact) mass is 442 g/mol. The Hall–Kier alpha value is -3.61. The van der Waals surface area contributed by atoms with Crippen LogP contribution in [0, 0.1) is 0 Å². The van der Waals surface area contributed by atoms with Crippen molar-refractivity contribution in [1.82, 2.24) is 35.5 Å². The molecule has 13 heteroatoms. The summed E-state index contributed by atoms with van der Waals surface area (Å²) >= 11 is 5.29. The van der Waals surface area contributed by atoms with Gasteiger partial charge in [0.2, 0.25) is 23.5 Å². The van der Waals surface area contributed by atoms with Crippen LogP contribution >= 0.6 is 11.8 Å². The highest BCUT2D eigenvalue weighted by molar-refractivity contribution is 6.15. The molecular formula is C18H19ClN10O2. The number of halogens is 1. The number of nitrogens with two attached hydrogens (primary N) is 1. The highest BCUT2D eigenvalue weighted by Gasteiger charge is 2.11. The molecular weight excluding hydrogens is 424 g/mol. The van der Waals surface area contributed by atoms with Crippen molar-refractivity contribution >= 4 is 41.2 Å². The molecule has 5 N–H and O–H groups in total. The lowest BCUT2D eigenvalue weighted by atomic mass is 10.2. The van der Waals surface area contributed by atoms with Crippen LogP contribution in [0.2, 0.25) is 0 Å². The van der Waals surface area contributed by atoms with E-state index < -0.39 is 0 Å². The second-order valence-electron chi connectivity index (χ2n) is 6.17. The molecule has 0 spiro atoms. The zero-order valence-electron chi connectivity index (χ0n) is 16.2. The maximum Gasteiger partial charge on any atom is 0.239 e. The number of pyridine rings is 1. The number of rotatable bonds is 7. The summed E-state index contributed by atoms with van der Waals surface area (Å²) in [5.41, 5.74) is 7.29. The highest BCUT2D eigenvalue weighted by Crippen LogP contribution is 2.17. The fourth-order valence-electron chi connectivity index (χ4n) is 2.45. The summed E-state index contributed by atoms with van der Waals surface area (Å²) in [7, 11) is 0. The van der Waals surface area contributed by atoms with Crippen molar-refractivity contribution in [3.05, 3.63) is 42.0 Å². The highest BCUT2D eigenvalue weighted by atomic mass is 35.5. The van der Waals surface area contributed by atoms with Crippen molar-refractivity contribution in [3.63, 3.8) is 0 Å². The van der Waals surface area contributed by atoms with E-state index in [2.05, 4.69) is 45.8 Å². The minimum absolute atomic E-state index is 0.0310. The molecule has 1 aliphatic heterocycles. The molecule has 0 atom stereocenters. The lowest BCUT2D eigenvalue weighted by molar-refractivity contribution is -0.119. The van der Waals surface area contributed by atoms with Gasteiger partial charge in [-0.2, -0.15) is 0 Å². The molecule has 2 aromatic rings. The second kappa shape index (κ2) is 11.0. The van der Waals surface area contributed by atoms with Crippen molar-refractivity contribution in [3.8, 4) is 11.5 Å². The van der Waals surface area contributed by atoms with Crippen molar-refractivity contribution in [1.29, 1.82) is 0 Å². The first-order valence-electron chi connectivity index (χ1n) is 9.21. The zero-order valence-corrected chi connectivity index (χ0v) is 17.0. The van der Waals surface area contributed by atoms with Crippen LogP contribution < -0.4 is 21.2 Å². The third-order valence-corrected chi connectivity index (χ3v) is 4.03. The van der Waals surface area contributed by atoms with Crippen molar-refractivity contribution in [2.24, 2.45) is 10.7 Å². The van der Waals surface area contributed by atoms with Gasteiger partial charge < -0.3 is 16.4 Å². The predicted molar refractivity (Wildman–Crippen MR) is 114 cm³/mol. The van der Waals surface area contributed by atoms with Gasteiger partial charge in [0.05, 0.1) is 36.9 Å². The third kappa shape index (κ3) is 6.44. The smallest absolute Gasteiger partial charge is 0.239 e. The molecule has 0 bridgehead atoms. The molecule has 3 heterocycles. The van der Waals surface area contributed by atoms with Crippen LogP contribution in [-0.2, 0) is 9.59 Å². The van der Waals surface area contributed by atoms with E-state index in [1.54, 1.807) is 12.1 Å². The largest absolute Gasteiger partial charge is 0.324 e. The lowest BCUT2D eigenvalue weighted by Gasteiger charge is -2.07. The summed E-state index contributed by atoms with van der Waals surface area (Å²) in [4.78, 5) is 33.7. The minimum Gasteiger partial charge on any atom is -0.324 e. The maximum absolute atomic E-state index is 11.5. The number of hydrogen-bond donors (Lipinski definition) is 4. The van der Waals surface area contributed by atoms with E-state index in [1.165, 1.54) is 12.4 Å². The third-order valence-electron chi connectivity index (χ3n) is 3.89. The van der Waals surface area contributed by atoms with Crippen LogP contribution in [0.25, 0.3) is 17.2 Å². The Bertz CT molecular complexity index is 1020. The number of anilines is 1. The molecule has 160 valence electrons. The summed E-state index contributed by atoms with van der Waals surface area (Å²) in [6.45, 7) is -0.144. The van der Waals surface area contributed by atoms with Gasteiger partial charge in [-0.1, -0.05) is 12.2 Å². The standard InChI is InChI=1S/C18H19ClN10O2/c19-23-10-16(31)25-12-5-6-14(22-9-12)18-28-26-17(27-29-18)13-4-2-1-3-11(8-21-13)24-15(30)7-20/h3-6,8-9,23H,1-2,7,10,20H2,(H,24,30)(H,25,31)/b11-3+,13-4+,21-8-. The van der Waals surface area contributed by atoms with E-state index in [0.29, 0.717) is 35.6 Å². The Morgan fingerprint density at radius 3 is 2.42 bits per heavy atom. The van der Waals surface area contributed by atoms with Crippen molar-refractivity contribution in [2.75, 3.05) is 18.4 Å². The van der Waals surface area contributed by atoms with Gasteiger partial charge in [0.25, 0.3) is 0 Å². The number of amides is 2. The number of aliphatic imine (C=N–C) groups is 1. The molecule has 3 rings (SSSR count). The van der Waals surface area contributed by atoms with Crippen molar-refractivity contribution < 1.29 is 9.59 Å². The lowest BCUT2D eigenvalue weighted by Crippen LogP contribution is -2.30. The first-order chi connectivity index (χ1) is 15.1. The molecule has 0 saturated carbocycles. The van der Waals surface area contributed by atoms with Crippen LogP contribution in [0.5, 0.6) is 0 Å². The van der Waals surface area contributed by atoms with E-state index in [1.807, 2.05) is 12.2 Å². The van der Waals surface area contributed by atoms with Gasteiger partial charge >= 0.3 is 0 Å². The van der Waals surface area contributed by atoms with Gasteiger partial charge in [-0.05, 0) is 36.8 Å². The molecule has 0 radical (unpaired) electrons. The minimum atomic E-state index is -0.304. The number of carbonyl (C=O) groups excluding carboxylic acids is 2. The molecule has 2 amide bonds. The molecule has 0 aromatic carbocycles. The van der Waals surface area contributed by atoms with Crippen LogP contribution in [0.3, 0.4) is 0 Å². The quantitative estimate of drug-likeness (QED) is 0.436. The Labute approximate surface area is 182 Å². The van der Waals surface area contributed by atoms with Gasteiger partial charge in [-0.15, -0.1) is 20.4 Å². The topological polar surface area (TPSA) is 173 Å². The fraction of sp³-hybridized carbons (Fsp3) is 0.222. The molecule has 31 heavy (non-hydrogen) atoms. The molecule has 1 aliphatic rings. The summed E-state index contributed by atoms with van der Waals surface area (Å²) in [6, 6.07) is 3.28. The van der Waals surface area contributed by atoms with E-state index in [0.717, 1.165) is 0 Å². The zero-order chi connectivity index (χ0) is 22.1. The van der Waals surface area contributed by atoms with Crippen LogP contribution in [0.1, 0.15) is 18.7 Å². The fourth-order valence-corrected chi connectivity index (χ4v) is 2.57. The van der Waals surface area contributed by atoms with Crippen LogP contribution in [0.15, 0.2) is 41.2 Å². The molecule has 12 nitrogen and oxygen atoms in total. The number of aromatic nitrogens is 5. The summed E-state index contributed by atoms with van der Waals surface area (Å²) in [6.07, 6.45) is 8.05. The normalized spacial score (nSPS) is 17.9. The van der Waals surface area contributed by atoms with E-state index >= 15 is 0 Å².